The molecule has 0 bridgehead atoms. The van der Waals surface area contributed by atoms with Crippen molar-refractivity contribution in [2.24, 2.45) is 5.73 Å². The number of benzene rings is 1. The molecule has 1 amide bonds. The van der Waals surface area contributed by atoms with Crippen molar-refractivity contribution in [1.29, 1.82) is 0 Å². The SMILES string of the molecule is CN(Cc1cccc(C(N)=O)c1)CC1CCCCN1. The molecule has 0 aromatic heterocycles. The molecule has 1 aromatic carbocycles. The number of amides is 1. The van der Waals surface area contributed by atoms with Crippen LogP contribution in [0.4, 0.5) is 0 Å². The Morgan fingerprint density at radius 1 is 1.47 bits per heavy atom. The van der Waals surface area contributed by atoms with Crippen LogP contribution in [0.5, 0.6) is 0 Å². The van der Waals surface area contributed by atoms with Crippen LogP contribution >= 0.6 is 0 Å². The van der Waals surface area contributed by atoms with Gasteiger partial charge in [-0.2, -0.15) is 0 Å². The molecular weight excluding hydrogens is 238 g/mol. The van der Waals surface area contributed by atoms with Gasteiger partial charge in [0.2, 0.25) is 5.91 Å². The summed E-state index contributed by atoms with van der Waals surface area (Å²) in [4.78, 5) is 13.4. The molecule has 0 aliphatic carbocycles. The van der Waals surface area contributed by atoms with E-state index >= 15 is 0 Å². The van der Waals surface area contributed by atoms with Crippen molar-refractivity contribution in [2.45, 2.75) is 31.8 Å². The molecule has 1 saturated heterocycles. The Balaban J connectivity index is 1.88. The minimum atomic E-state index is -0.363. The van der Waals surface area contributed by atoms with Gasteiger partial charge in [-0.05, 0) is 44.1 Å². The number of nitrogens with zero attached hydrogens (tertiary/aromatic N) is 1. The fourth-order valence-electron chi connectivity index (χ4n) is 2.66. The van der Waals surface area contributed by atoms with Gasteiger partial charge in [0.15, 0.2) is 0 Å². The van der Waals surface area contributed by atoms with E-state index in [4.69, 9.17) is 5.73 Å². The van der Waals surface area contributed by atoms with Crippen LogP contribution in [0.1, 0.15) is 35.2 Å². The lowest BCUT2D eigenvalue weighted by molar-refractivity contribution is 0.1000. The molecule has 4 nitrogen and oxygen atoms in total. The average molecular weight is 261 g/mol. The normalized spacial score (nSPS) is 19.6. The minimum Gasteiger partial charge on any atom is -0.366 e. The third-order valence-electron chi connectivity index (χ3n) is 3.61. The molecule has 1 heterocycles. The average Bonchev–Trinajstić information content (AvgIpc) is 2.40. The summed E-state index contributed by atoms with van der Waals surface area (Å²) < 4.78 is 0. The Hall–Kier alpha value is -1.39. The van der Waals surface area contributed by atoms with Crippen LogP contribution in [0.15, 0.2) is 24.3 Å². The highest BCUT2D eigenvalue weighted by molar-refractivity contribution is 5.92. The van der Waals surface area contributed by atoms with Crippen LogP contribution in [0.2, 0.25) is 0 Å². The first-order valence-electron chi connectivity index (χ1n) is 6.96. The van der Waals surface area contributed by atoms with Crippen LogP contribution in [0.3, 0.4) is 0 Å². The van der Waals surface area contributed by atoms with E-state index in [1.54, 1.807) is 6.07 Å². The van der Waals surface area contributed by atoms with Gasteiger partial charge in [0, 0.05) is 24.7 Å². The van der Waals surface area contributed by atoms with Crippen LogP contribution in [-0.2, 0) is 6.54 Å². The molecule has 2 rings (SSSR count). The number of hydrogen-bond acceptors (Lipinski definition) is 3. The van der Waals surface area contributed by atoms with Crippen molar-refractivity contribution >= 4 is 5.91 Å². The van der Waals surface area contributed by atoms with Crippen molar-refractivity contribution in [2.75, 3.05) is 20.1 Å². The number of likely N-dealkylation sites (N-methyl/N-ethyl adjacent to an activating group) is 1. The minimum absolute atomic E-state index is 0.363. The van der Waals surface area contributed by atoms with E-state index in [1.165, 1.54) is 19.3 Å². The number of nitrogens with one attached hydrogen (secondary N) is 1. The maximum atomic E-state index is 11.2. The first-order chi connectivity index (χ1) is 9.15. The number of hydrogen-bond donors (Lipinski definition) is 2. The number of carbonyl (C=O) groups excluding carboxylic acids is 1. The molecule has 4 heteroatoms. The van der Waals surface area contributed by atoms with Crippen LogP contribution in [-0.4, -0.2) is 37.0 Å². The molecule has 1 aliphatic rings. The summed E-state index contributed by atoms with van der Waals surface area (Å²) in [5.41, 5.74) is 7.02. The molecule has 1 aliphatic heterocycles. The van der Waals surface area contributed by atoms with Crippen molar-refractivity contribution in [1.82, 2.24) is 10.2 Å². The fourth-order valence-corrected chi connectivity index (χ4v) is 2.66. The topological polar surface area (TPSA) is 58.4 Å². The molecule has 0 radical (unpaired) electrons. The molecule has 0 spiro atoms. The van der Waals surface area contributed by atoms with E-state index in [-0.39, 0.29) is 5.91 Å². The third-order valence-corrected chi connectivity index (χ3v) is 3.61. The van der Waals surface area contributed by atoms with Gasteiger partial charge >= 0.3 is 0 Å². The van der Waals surface area contributed by atoms with Crippen molar-refractivity contribution in [3.63, 3.8) is 0 Å². The van der Waals surface area contributed by atoms with E-state index in [2.05, 4.69) is 17.3 Å². The summed E-state index contributed by atoms with van der Waals surface area (Å²) >= 11 is 0. The molecule has 0 saturated carbocycles. The zero-order valence-corrected chi connectivity index (χ0v) is 11.6. The lowest BCUT2D eigenvalue weighted by Crippen LogP contribution is -2.42. The predicted molar refractivity (Wildman–Crippen MR) is 76.9 cm³/mol. The molecule has 3 N–H and O–H groups in total. The molecular formula is C15H23N3O. The Kier molecular flexibility index (Phi) is 4.93. The largest absolute Gasteiger partial charge is 0.366 e. The Labute approximate surface area is 115 Å². The summed E-state index contributed by atoms with van der Waals surface area (Å²) in [5, 5.41) is 3.55. The maximum Gasteiger partial charge on any atom is 0.248 e. The van der Waals surface area contributed by atoms with Crippen LogP contribution in [0.25, 0.3) is 0 Å². The first-order valence-corrected chi connectivity index (χ1v) is 6.96. The predicted octanol–water partition coefficient (Wildman–Crippen LogP) is 1.36. The maximum absolute atomic E-state index is 11.2. The highest BCUT2D eigenvalue weighted by atomic mass is 16.1. The highest BCUT2D eigenvalue weighted by Gasteiger charge is 2.14. The van der Waals surface area contributed by atoms with E-state index in [9.17, 15) is 4.79 Å². The standard InChI is InChI=1S/C15H23N3O/c1-18(11-14-7-2-3-8-17-14)10-12-5-4-6-13(9-12)15(16)19/h4-6,9,14,17H,2-3,7-8,10-11H2,1H3,(H2,16,19). The number of rotatable bonds is 5. The van der Waals surface area contributed by atoms with Gasteiger partial charge < -0.3 is 16.0 Å². The smallest absolute Gasteiger partial charge is 0.248 e. The second-order valence-corrected chi connectivity index (χ2v) is 5.41. The van der Waals surface area contributed by atoms with Gasteiger partial charge in [0.05, 0.1) is 0 Å². The number of piperidine rings is 1. The quantitative estimate of drug-likeness (QED) is 0.841. The summed E-state index contributed by atoms with van der Waals surface area (Å²) in [7, 11) is 2.12. The van der Waals surface area contributed by atoms with Gasteiger partial charge in [0.1, 0.15) is 0 Å². The molecule has 1 atom stereocenters. The van der Waals surface area contributed by atoms with Crippen LogP contribution in [0, 0.1) is 0 Å². The Morgan fingerprint density at radius 2 is 2.32 bits per heavy atom. The monoisotopic (exact) mass is 261 g/mol. The van der Waals surface area contributed by atoms with E-state index in [1.807, 2.05) is 18.2 Å². The number of primary amides is 1. The van der Waals surface area contributed by atoms with Crippen molar-refractivity contribution in [3.8, 4) is 0 Å². The molecule has 1 aromatic rings. The number of carbonyl (C=O) groups is 1. The van der Waals surface area contributed by atoms with Crippen molar-refractivity contribution in [3.05, 3.63) is 35.4 Å². The number of nitrogens with two attached hydrogens (primary N) is 1. The molecule has 104 valence electrons. The zero-order valence-electron chi connectivity index (χ0n) is 11.6. The van der Waals surface area contributed by atoms with E-state index < -0.39 is 0 Å². The van der Waals surface area contributed by atoms with E-state index in [0.29, 0.717) is 11.6 Å². The van der Waals surface area contributed by atoms with Crippen molar-refractivity contribution < 1.29 is 4.79 Å². The third kappa shape index (κ3) is 4.33. The lowest BCUT2D eigenvalue weighted by atomic mass is 10.0. The van der Waals surface area contributed by atoms with Crippen LogP contribution < -0.4 is 11.1 Å². The second-order valence-electron chi connectivity index (χ2n) is 5.41. The molecule has 19 heavy (non-hydrogen) atoms. The summed E-state index contributed by atoms with van der Waals surface area (Å²) in [6.45, 7) is 3.02. The summed E-state index contributed by atoms with van der Waals surface area (Å²) in [6, 6.07) is 8.17. The fraction of sp³-hybridized carbons (Fsp3) is 0.533. The van der Waals surface area contributed by atoms with Gasteiger partial charge in [-0.1, -0.05) is 18.6 Å². The van der Waals surface area contributed by atoms with Gasteiger partial charge in [-0.25, -0.2) is 0 Å². The first kappa shape index (κ1) is 14.0. The summed E-state index contributed by atoms with van der Waals surface area (Å²) in [6.07, 6.45) is 3.87. The van der Waals surface area contributed by atoms with Gasteiger partial charge in [-0.15, -0.1) is 0 Å². The van der Waals surface area contributed by atoms with E-state index in [0.717, 1.165) is 25.2 Å². The molecule has 1 fully saturated rings. The molecule has 1 unspecified atom stereocenters. The summed E-state index contributed by atoms with van der Waals surface area (Å²) in [5.74, 6) is -0.363. The van der Waals surface area contributed by atoms with Gasteiger partial charge in [-0.3, -0.25) is 4.79 Å². The lowest BCUT2D eigenvalue weighted by Gasteiger charge is -2.28. The Morgan fingerprint density at radius 3 is 3.00 bits per heavy atom. The zero-order chi connectivity index (χ0) is 13.7. The highest BCUT2D eigenvalue weighted by Crippen LogP contribution is 2.11. The van der Waals surface area contributed by atoms with Gasteiger partial charge in [0.25, 0.3) is 0 Å². The Bertz CT molecular complexity index is 427. The second kappa shape index (κ2) is 6.68.